The summed E-state index contributed by atoms with van der Waals surface area (Å²) in [6.45, 7) is -0.116. The maximum atomic E-state index is 11.1. The van der Waals surface area contributed by atoms with Crippen LogP contribution in [0, 0.1) is 0 Å². The summed E-state index contributed by atoms with van der Waals surface area (Å²) in [7, 11) is 0. The third-order valence-electron chi connectivity index (χ3n) is 2.15. The van der Waals surface area contributed by atoms with Crippen LogP contribution in [0.2, 0.25) is 0 Å². The van der Waals surface area contributed by atoms with Crippen molar-refractivity contribution in [3.8, 4) is 5.75 Å². The van der Waals surface area contributed by atoms with Crippen LogP contribution < -0.4 is 4.74 Å². The van der Waals surface area contributed by atoms with E-state index in [9.17, 15) is 19.2 Å². The number of ether oxygens (including phenoxy) is 2. The standard InChI is InChI=1S/C13H12O8/c14-10(15)5-12(18)20-7-8-1-3-9(4-2-8)21-13(19)6-11(16)17/h1-4H,5-7H2,(H,14,15)(H,16,17). The molecule has 21 heavy (non-hydrogen) atoms. The highest BCUT2D eigenvalue weighted by atomic mass is 16.5. The number of carbonyl (C=O) groups is 4. The van der Waals surface area contributed by atoms with Gasteiger partial charge in [0.1, 0.15) is 25.2 Å². The molecule has 112 valence electrons. The average Bonchev–Trinajstić information content (AvgIpc) is 2.36. The van der Waals surface area contributed by atoms with Crippen molar-refractivity contribution in [2.45, 2.75) is 19.4 Å². The molecular weight excluding hydrogens is 284 g/mol. The number of hydrogen-bond acceptors (Lipinski definition) is 6. The Balaban J connectivity index is 2.47. The maximum absolute atomic E-state index is 11.1. The molecule has 0 bridgehead atoms. The molecule has 0 atom stereocenters. The molecule has 8 heteroatoms. The Morgan fingerprint density at radius 2 is 1.38 bits per heavy atom. The number of hydrogen-bond donors (Lipinski definition) is 2. The zero-order valence-electron chi connectivity index (χ0n) is 10.8. The molecule has 0 aromatic heterocycles. The SMILES string of the molecule is O=C(O)CC(=O)OCc1ccc(OC(=O)CC(=O)O)cc1. The van der Waals surface area contributed by atoms with Gasteiger partial charge in [-0.15, -0.1) is 0 Å². The minimum absolute atomic E-state index is 0.116. The van der Waals surface area contributed by atoms with E-state index in [1.165, 1.54) is 24.3 Å². The van der Waals surface area contributed by atoms with Gasteiger partial charge in [0.05, 0.1) is 0 Å². The summed E-state index contributed by atoms with van der Waals surface area (Å²) >= 11 is 0. The Bertz CT molecular complexity index is 546. The van der Waals surface area contributed by atoms with E-state index in [-0.39, 0.29) is 12.4 Å². The van der Waals surface area contributed by atoms with Gasteiger partial charge in [-0.25, -0.2) is 0 Å². The highest BCUT2D eigenvalue weighted by Gasteiger charge is 2.11. The van der Waals surface area contributed by atoms with E-state index in [0.29, 0.717) is 5.56 Å². The molecule has 0 fully saturated rings. The van der Waals surface area contributed by atoms with Crippen LogP contribution in [0.5, 0.6) is 5.75 Å². The summed E-state index contributed by atoms with van der Waals surface area (Å²) in [5.41, 5.74) is 0.562. The van der Waals surface area contributed by atoms with Crippen molar-refractivity contribution >= 4 is 23.9 Å². The van der Waals surface area contributed by atoms with Crippen LogP contribution in [0.1, 0.15) is 18.4 Å². The molecule has 0 radical (unpaired) electrons. The summed E-state index contributed by atoms with van der Waals surface area (Å²) in [5, 5.41) is 16.8. The van der Waals surface area contributed by atoms with E-state index in [4.69, 9.17) is 19.7 Å². The van der Waals surface area contributed by atoms with Crippen LogP contribution in [0.15, 0.2) is 24.3 Å². The van der Waals surface area contributed by atoms with Crippen molar-refractivity contribution in [1.82, 2.24) is 0 Å². The van der Waals surface area contributed by atoms with Crippen LogP contribution in [-0.4, -0.2) is 34.1 Å². The smallest absolute Gasteiger partial charge is 0.322 e. The molecule has 1 aromatic rings. The first-order valence-corrected chi connectivity index (χ1v) is 5.75. The minimum Gasteiger partial charge on any atom is -0.481 e. The van der Waals surface area contributed by atoms with Gasteiger partial charge < -0.3 is 19.7 Å². The van der Waals surface area contributed by atoms with Gasteiger partial charge in [-0.05, 0) is 17.7 Å². The Labute approximate surface area is 118 Å². The molecule has 0 aliphatic carbocycles. The first kappa shape index (κ1) is 16.2. The predicted octanol–water partition coefficient (Wildman–Crippen LogP) is 0.585. The van der Waals surface area contributed by atoms with Crippen molar-refractivity contribution < 1.29 is 38.9 Å². The second-order valence-corrected chi connectivity index (χ2v) is 3.92. The lowest BCUT2D eigenvalue weighted by molar-refractivity contribution is -0.152. The van der Waals surface area contributed by atoms with Crippen molar-refractivity contribution in [2.24, 2.45) is 0 Å². The zero-order chi connectivity index (χ0) is 15.8. The highest BCUT2D eigenvalue weighted by molar-refractivity contribution is 5.91. The van der Waals surface area contributed by atoms with Crippen LogP contribution in [0.25, 0.3) is 0 Å². The van der Waals surface area contributed by atoms with Gasteiger partial charge in [0.25, 0.3) is 0 Å². The van der Waals surface area contributed by atoms with Crippen LogP contribution in [-0.2, 0) is 30.5 Å². The molecule has 0 unspecified atom stereocenters. The van der Waals surface area contributed by atoms with E-state index < -0.39 is 36.7 Å². The number of rotatable bonds is 7. The molecule has 0 amide bonds. The summed E-state index contributed by atoms with van der Waals surface area (Å²) in [4.78, 5) is 42.7. The first-order chi connectivity index (χ1) is 9.86. The van der Waals surface area contributed by atoms with Crippen molar-refractivity contribution in [1.29, 1.82) is 0 Å². The van der Waals surface area contributed by atoms with Crippen molar-refractivity contribution in [3.63, 3.8) is 0 Å². The molecule has 2 N–H and O–H groups in total. The fourth-order valence-electron chi connectivity index (χ4n) is 1.28. The Kier molecular flexibility index (Phi) is 5.87. The lowest BCUT2D eigenvalue weighted by atomic mass is 10.2. The summed E-state index contributed by atoms with van der Waals surface area (Å²) < 4.78 is 9.46. The van der Waals surface area contributed by atoms with Crippen LogP contribution in [0.3, 0.4) is 0 Å². The molecule has 0 aliphatic rings. The van der Waals surface area contributed by atoms with E-state index in [1.54, 1.807) is 0 Å². The van der Waals surface area contributed by atoms with Gasteiger partial charge in [0.2, 0.25) is 0 Å². The number of carbonyl (C=O) groups excluding carboxylic acids is 2. The van der Waals surface area contributed by atoms with Crippen molar-refractivity contribution in [3.05, 3.63) is 29.8 Å². The zero-order valence-corrected chi connectivity index (χ0v) is 10.8. The molecule has 0 saturated heterocycles. The fourth-order valence-corrected chi connectivity index (χ4v) is 1.28. The quantitative estimate of drug-likeness (QED) is 0.425. The van der Waals surface area contributed by atoms with Gasteiger partial charge in [-0.1, -0.05) is 12.1 Å². The topological polar surface area (TPSA) is 127 Å². The van der Waals surface area contributed by atoms with Gasteiger partial charge in [0, 0.05) is 0 Å². The number of esters is 2. The van der Waals surface area contributed by atoms with Crippen LogP contribution in [0.4, 0.5) is 0 Å². The Hall–Kier alpha value is -2.90. The normalized spacial score (nSPS) is 9.71. The Morgan fingerprint density at radius 3 is 1.90 bits per heavy atom. The lowest BCUT2D eigenvalue weighted by Gasteiger charge is -2.05. The molecule has 0 saturated carbocycles. The minimum atomic E-state index is -1.29. The Morgan fingerprint density at radius 1 is 0.857 bits per heavy atom. The predicted molar refractivity (Wildman–Crippen MR) is 66.4 cm³/mol. The van der Waals surface area contributed by atoms with Gasteiger partial charge in [-0.2, -0.15) is 0 Å². The second kappa shape index (κ2) is 7.63. The van der Waals surface area contributed by atoms with Gasteiger partial charge >= 0.3 is 23.9 Å². The first-order valence-electron chi connectivity index (χ1n) is 5.75. The third-order valence-corrected chi connectivity index (χ3v) is 2.15. The van der Waals surface area contributed by atoms with E-state index in [0.717, 1.165) is 0 Å². The molecule has 0 aliphatic heterocycles. The number of benzene rings is 1. The number of aliphatic carboxylic acids is 2. The van der Waals surface area contributed by atoms with Crippen molar-refractivity contribution in [2.75, 3.05) is 0 Å². The monoisotopic (exact) mass is 296 g/mol. The summed E-state index contributed by atoms with van der Waals surface area (Å²) in [6, 6.07) is 5.80. The highest BCUT2D eigenvalue weighted by Crippen LogP contribution is 2.13. The van der Waals surface area contributed by atoms with Crippen LogP contribution >= 0.6 is 0 Å². The number of carboxylic acids is 2. The number of carboxylic acid groups (broad SMARTS) is 2. The lowest BCUT2D eigenvalue weighted by Crippen LogP contribution is -2.13. The van der Waals surface area contributed by atoms with E-state index in [1.807, 2.05) is 0 Å². The third kappa shape index (κ3) is 6.71. The molecule has 0 spiro atoms. The van der Waals surface area contributed by atoms with E-state index >= 15 is 0 Å². The molecule has 8 nitrogen and oxygen atoms in total. The van der Waals surface area contributed by atoms with E-state index in [2.05, 4.69) is 0 Å². The molecule has 0 heterocycles. The molecular formula is C13H12O8. The molecule has 1 aromatic carbocycles. The van der Waals surface area contributed by atoms with Gasteiger partial charge in [-0.3, -0.25) is 19.2 Å². The average molecular weight is 296 g/mol. The summed E-state index contributed by atoms with van der Waals surface area (Å²) in [6.07, 6.45) is -1.46. The summed E-state index contributed by atoms with van der Waals surface area (Å²) in [5.74, 6) is -4.17. The largest absolute Gasteiger partial charge is 0.481 e. The van der Waals surface area contributed by atoms with Gasteiger partial charge in [0.15, 0.2) is 0 Å². The molecule has 1 rings (SSSR count). The fraction of sp³-hybridized carbons (Fsp3) is 0.231. The second-order valence-electron chi connectivity index (χ2n) is 3.92. The maximum Gasteiger partial charge on any atom is 0.322 e.